The summed E-state index contributed by atoms with van der Waals surface area (Å²) in [5.41, 5.74) is 6.91. The highest BCUT2D eigenvalue weighted by molar-refractivity contribution is 5.91. The molecule has 0 saturated carbocycles. The highest BCUT2D eigenvalue weighted by Crippen LogP contribution is 2.16. The lowest BCUT2D eigenvalue weighted by Gasteiger charge is -2.19. The van der Waals surface area contributed by atoms with Crippen LogP contribution in [0.25, 0.3) is 0 Å². The van der Waals surface area contributed by atoms with Crippen molar-refractivity contribution in [2.45, 2.75) is 26.3 Å². The van der Waals surface area contributed by atoms with Gasteiger partial charge in [-0.1, -0.05) is 0 Å². The smallest absolute Gasteiger partial charge is 0.289 e. The molecule has 5 nitrogen and oxygen atoms in total. The van der Waals surface area contributed by atoms with Crippen LogP contribution in [0.4, 0.5) is 0 Å². The fraction of sp³-hybridized carbons (Fsp3) is 0.375. The zero-order chi connectivity index (χ0) is 15.2. The van der Waals surface area contributed by atoms with E-state index in [-0.39, 0.29) is 11.9 Å². The van der Waals surface area contributed by atoms with Crippen molar-refractivity contribution in [3.05, 3.63) is 53.7 Å². The molecule has 21 heavy (non-hydrogen) atoms. The van der Waals surface area contributed by atoms with E-state index in [9.17, 15) is 4.79 Å². The van der Waals surface area contributed by atoms with Crippen molar-refractivity contribution in [1.29, 1.82) is 0 Å². The molecule has 0 aliphatic heterocycles. The van der Waals surface area contributed by atoms with E-state index >= 15 is 0 Å². The number of amides is 1. The predicted molar refractivity (Wildman–Crippen MR) is 80.8 cm³/mol. The SMILES string of the molecule is CCN(CCc1ccncc1)C(=O)c1ccc(C(C)N)o1. The Morgan fingerprint density at radius 3 is 2.62 bits per heavy atom. The van der Waals surface area contributed by atoms with E-state index in [4.69, 9.17) is 10.2 Å². The third-order valence-corrected chi connectivity index (χ3v) is 3.38. The van der Waals surface area contributed by atoms with Crippen LogP contribution in [0.2, 0.25) is 0 Å². The van der Waals surface area contributed by atoms with E-state index in [0.29, 0.717) is 24.6 Å². The summed E-state index contributed by atoms with van der Waals surface area (Å²) < 4.78 is 5.52. The van der Waals surface area contributed by atoms with E-state index in [1.54, 1.807) is 29.4 Å². The number of nitrogens with zero attached hydrogens (tertiary/aromatic N) is 2. The Bertz CT molecular complexity index is 578. The second kappa shape index (κ2) is 7.04. The fourth-order valence-electron chi connectivity index (χ4n) is 2.09. The van der Waals surface area contributed by atoms with Gasteiger partial charge in [0.05, 0.1) is 6.04 Å². The molecule has 1 amide bonds. The minimum Gasteiger partial charge on any atom is -0.454 e. The van der Waals surface area contributed by atoms with Crippen molar-refractivity contribution in [2.75, 3.05) is 13.1 Å². The number of carbonyl (C=O) groups excluding carboxylic acids is 1. The van der Waals surface area contributed by atoms with Crippen molar-refractivity contribution in [3.63, 3.8) is 0 Å². The fourth-order valence-corrected chi connectivity index (χ4v) is 2.09. The maximum absolute atomic E-state index is 12.4. The first-order chi connectivity index (χ1) is 10.1. The molecule has 0 bridgehead atoms. The molecule has 1 unspecified atom stereocenters. The molecule has 5 heteroatoms. The van der Waals surface area contributed by atoms with Gasteiger partial charge in [0.15, 0.2) is 5.76 Å². The average Bonchev–Trinajstić information content (AvgIpc) is 2.99. The molecule has 0 aliphatic rings. The van der Waals surface area contributed by atoms with Crippen molar-refractivity contribution in [1.82, 2.24) is 9.88 Å². The number of pyridine rings is 1. The molecule has 1 atom stereocenters. The number of likely N-dealkylation sites (N-methyl/N-ethyl adjacent to an activating group) is 1. The Hall–Kier alpha value is -2.14. The van der Waals surface area contributed by atoms with Crippen LogP contribution >= 0.6 is 0 Å². The second-order valence-electron chi connectivity index (χ2n) is 4.98. The first-order valence-electron chi connectivity index (χ1n) is 7.15. The summed E-state index contributed by atoms with van der Waals surface area (Å²) >= 11 is 0. The van der Waals surface area contributed by atoms with Gasteiger partial charge in [0.2, 0.25) is 0 Å². The molecule has 0 fully saturated rings. The summed E-state index contributed by atoms with van der Waals surface area (Å²) in [5.74, 6) is 0.876. The van der Waals surface area contributed by atoms with Crippen molar-refractivity contribution < 1.29 is 9.21 Å². The van der Waals surface area contributed by atoms with E-state index in [2.05, 4.69) is 4.98 Å². The molecule has 2 heterocycles. The third kappa shape index (κ3) is 3.92. The number of furan rings is 1. The van der Waals surface area contributed by atoms with Crippen LogP contribution < -0.4 is 5.73 Å². The lowest BCUT2D eigenvalue weighted by molar-refractivity contribution is 0.0732. The molecular formula is C16H21N3O2. The first-order valence-corrected chi connectivity index (χ1v) is 7.15. The lowest BCUT2D eigenvalue weighted by Crippen LogP contribution is -2.32. The molecule has 0 saturated heterocycles. The molecule has 2 aromatic rings. The summed E-state index contributed by atoms with van der Waals surface area (Å²) in [6, 6.07) is 7.15. The Labute approximate surface area is 124 Å². The van der Waals surface area contributed by atoms with Crippen molar-refractivity contribution >= 4 is 5.91 Å². The Kier molecular flexibility index (Phi) is 5.11. The van der Waals surface area contributed by atoms with Gasteiger partial charge in [-0.2, -0.15) is 0 Å². The van der Waals surface area contributed by atoms with Crippen LogP contribution in [0, 0.1) is 0 Å². The zero-order valence-corrected chi connectivity index (χ0v) is 12.5. The summed E-state index contributed by atoms with van der Waals surface area (Å²) in [7, 11) is 0. The minimum absolute atomic E-state index is 0.0987. The van der Waals surface area contributed by atoms with E-state index in [1.807, 2.05) is 26.0 Å². The molecule has 0 radical (unpaired) electrons. The van der Waals surface area contributed by atoms with Gasteiger partial charge < -0.3 is 15.1 Å². The Morgan fingerprint density at radius 2 is 2.05 bits per heavy atom. The van der Waals surface area contributed by atoms with Crippen LogP contribution in [0.3, 0.4) is 0 Å². The van der Waals surface area contributed by atoms with Gasteiger partial charge in [0.1, 0.15) is 5.76 Å². The number of hydrogen-bond acceptors (Lipinski definition) is 4. The summed E-state index contributed by atoms with van der Waals surface area (Å²) in [6.45, 7) is 5.07. The van der Waals surface area contributed by atoms with Gasteiger partial charge in [0, 0.05) is 25.5 Å². The van der Waals surface area contributed by atoms with E-state index < -0.39 is 0 Å². The van der Waals surface area contributed by atoms with Crippen LogP contribution in [-0.4, -0.2) is 28.9 Å². The van der Waals surface area contributed by atoms with E-state index in [1.165, 1.54) is 0 Å². The number of rotatable bonds is 6. The highest BCUT2D eigenvalue weighted by Gasteiger charge is 2.18. The zero-order valence-electron chi connectivity index (χ0n) is 12.5. The molecule has 2 aromatic heterocycles. The van der Waals surface area contributed by atoms with Crippen molar-refractivity contribution in [3.8, 4) is 0 Å². The maximum Gasteiger partial charge on any atom is 0.289 e. The molecule has 2 rings (SSSR count). The predicted octanol–water partition coefficient (Wildman–Crippen LogP) is 2.40. The Balaban J connectivity index is 2.00. The molecule has 0 aliphatic carbocycles. The highest BCUT2D eigenvalue weighted by atomic mass is 16.4. The number of nitrogens with two attached hydrogens (primary N) is 1. The van der Waals surface area contributed by atoms with Gasteiger partial charge in [-0.05, 0) is 50.1 Å². The Morgan fingerprint density at radius 1 is 1.33 bits per heavy atom. The van der Waals surface area contributed by atoms with Crippen LogP contribution in [0.15, 0.2) is 41.1 Å². The van der Waals surface area contributed by atoms with Gasteiger partial charge in [0.25, 0.3) is 5.91 Å². The standard InChI is InChI=1S/C16H21N3O2/c1-3-19(11-8-13-6-9-18-10-7-13)16(20)15-5-4-14(21-15)12(2)17/h4-7,9-10,12H,3,8,11,17H2,1-2H3. The van der Waals surface area contributed by atoms with Gasteiger partial charge >= 0.3 is 0 Å². The van der Waals surface area contributed by atoms with Gasteiger partial charge in [-0.15, -0.1) is 0 Å². The first kappa shape index (κ1) is 15.3. The van der Waals surface area contributed by atoms with Crippen LogP contribution in [0.1, 0.15) is 41.8 Å². The van der Waals surface area contributed by atoms with E-state index in [0.717, 1.165) is 12.0 Å². The summed E-state index contributed by atoms with van der Waals surface area (Å²) in [5, 5.41) is 0. The number of carbonyl (C=O) groups is 1. The molecule has 0 spiro atoms. The van der Waals surface area contributed by atoms with Gasteiger partial charge in [-0.25, -0.2) is 0 Å². The quantitative estimate of drug-likeness (QED) is 0.885. The summed E-state index contributed by atoms with van der Waals surface area (Å²) in [4.78, 5) is 18.2. The topological polar surface area (TPSA) is 72.4 Å². The third-order valence-electron chi connectivity index (χ3n) is 3.38. The normalized spacial score (nSPS) is 12.1. The average molecular weight is 287 g/mol. The monoisotopic (exact) mass is 287 g/mol. The maximum atomic E-state index is 12.4. The molecule has 112 valence electrons. The van der Waals surface area contributed by atoms with Crippen molar-refractivity contribution in [2.24, 2.45) is 5.73 Å². The minimum atomic E-state index is -0.210. The number of aromatic nitrogens is 1. The van der Waals surface area contributed by atoms with Gasteiger partial charge in [-0.3, -0.25) is 9.78 Å². The summed E-state index contributed by atoms with van der Waals surface area (Å²) in [6.07, 6.45) is 4.31. The van der Waals surface area contributed by atoms with Crippen LogP contribution in [0.5, 0.6) is 0 Å². The van der Waals surface area contributed by atoms with Crippen LogP contribution in [-0.2, 0) is 6.42 Å². The molecule has 2 N–H and O–H groups in total. The lowest BCUT2D eigenvalue weighted by atomic mass is 10.2. The largest absolute Gasteiger partial charge is 0.454 e. The number of hydrogen-bond donors (Lipinski definition) is 1. The second-order valence-corrected chi connectivity index (χ2v) is 4.98. The molecular weight excluding hydrogens is 266 g/mol. The molecule has 0 aromatic carbocycles.